The molecule has 0 saturated heterocycles. The Bertz CT molecular complexity index is 383. The van der Waals surface area contributed by atoms with Gasteiger partial charge in [0.25, 0.3) is 5.91 Å². The van der Waals surface area contributed by atoms with E-state index in [1.54, 1.807) is 0 Å². The molecule has 0 aliphatic rings. The van der Waals surface area contributed by atoms with Gasteiger partial charge < -0.3 is 21.9 Å². The Morgan fingerprint density at radius 1 is 1.20 bits per heavy atom. The summed E-state index contributed by atoms with van der Waals surface area (Å²) in [6, 6.07) is 4.36. The topological polar surface area (TPSA) is 118 Å². The van der Waals surface area contributed by atoms with E-state index < -0.39 is 18.4 Å². The lowest BCUT2D eigenvalue weighted by Crippen LogP contribution is -2.29. The van der Waals surface area contributed by atoms with Crippen molar-refractivity contribution in [3.05, 3.63) is 23.8 Å². The van der Waals surface area contributed by atoms with Crippen LogP contribution in [-0.4, -0.2) is 23.5 Å². The molecule has 6 heteroatoms. The summed E-state index contributed by atoms with van der Waals surface area (Å²) in [5, 5.41) is 10.6. The molecule has 0 aliphatic heterocycles. The lowest BCUT2D eigenvalue weighted by molar-refractivity contribution is -0.135. The van der Waals surface area contributed by atoms with Crippen LogP contribution in [0.4, 0.5) is 11.4 Å². The number of carboxylic acids is 1. The fourth-order valence-electron chi connectivity index (χ4n) is 1.07. The number of nitrogens with two attached hydrogens (primary N) is 2. The van der Waals surface area contributed by atoms with Crippen LogP contribution in [0.3, 0.4) is 0 Å². The first-order chi connectivity index (χ1) is 6.99. The van der Waals surface area contributed by atoms with E-state index in [2.05, 4.69) is 5.32 Å². The van der Waals surface area contributed by atoms with Gasteiger partial charge in [-0.15, -0.1) is 0 Å². The molecule has 0 saturated carbocycles. The number of rotatable bonds is 3. The van der Waals surface area contributed by atoms with E-state index in [9.17, 15) is 9.59 Å². The molecule has 0 bridgehead atoms. The molecule has 1 aromatic carbocycles. The third-order valence-corrected chi connectivity index (χ3v) is 1.64. The highest BCUT2D eigenvalue weighted by Crippen LogP contribution is 2.13. The van der Waals surface area contributed by atoms with E-state index >= 15 is 0 Å². The molecule has 0 aliphatic carbocycles. The number of carbonyl (C=O) groups is 2. The molecule has 1 rings (SSSR count). The van der Waals surface area contributed by atoms with Crippen LogP contribution in [0.5, 0.6) is 0 Å². The average Bonchev–Trinajstić information content (AvgIpc) is 2.12. The quantitative estimate of drug-likeness (QED) is 0.508. The van der Waals surface area contributed by atoms with Crippen molar-refractivity contribution in [3.8, 4) is 0 Å². The van der Waals surface area contributed by atoms with Gasteiger partial charge in [0.1, 0.15) is 6.54 Å². The molecule has 6 N–H and O–H groups in total. The van der Waals surface area contributed by atoms with Crippen molar-refractivity contribution in [3.63, 3.8) is 0 Å². The number of hydrogen-bond acceptors (Lipinski definition) is 4. The van der Waals surface area contributed by atoms with Crippen molar-refractivity contribution >= 4 is 23.3 Å². The van der Waals surface area contributed by atoms with Crippen LogP contribution in [0.2, 0.25) is 0 Å². The maximum Gasteiger partial charge on any atom is 0.322 e. The largest absolute Gasteiger partial charge is 0.480 e. The highest BCUT2D eigenvalue weighted by molar-refractivity contribution is 5.97. The van der Waals surface area contributed by atoms with Crippen molar-refractivity contribution in [2.75, 3.05) is 18.0 Å². The summed E-state index contributed by atoms with van der Waals surface area (Å²) >= 11 is 0. The summed E-state index contributed by atoms with van der Waals surface area (Å²) in [4.78, 5) is 21.6. The summed E-state index contributed by atoms with van der Waals surface area (Å²) < 4.78 is 0. The van der Waals surface area contributed by atoms with E-state index in [4.69, 9.17) is 16.6 Å². The Morgan fingerprint density at radius 2 is 1.73 bits per heavy atom. The smallest absolute Gasteiger partial charge is 0.322 e. The summed E-state index contributed by atoms with van der Waals surface area (Å²) in [6.45, 7) is -0.437. The van der Waals surface area contributed by atoms with Gasteiger partial charge in [-0.3, -0.25) is 9.59 Å². The second-order valence-electron chi connectivity index (χ2n) is 2.96. The molecule has 80 valence electrons. The molecule has 0 atom stereocenters. The van der Waals surface area contributed by atoms with Gasteiger partial charge in [0.15, 0.2) is 0 Å². The average molecular weight is 209 g/mol. The minimum absolute atomic E-state index is 0.244. The highest BCUT2D eigenvalue weighted by Gasteiger charge is 2.08. The lowest BCUT2D eigenvalue weighted by Gasteiger charge is -2.04. The minimum Gasteiger partial charge on any atom is -0.480 e. The molecule has 0 spiro atoms. The molecule has 15 heavy (non-hydrogen) atoms. The Hall–Kier alpha value is -2.24. The van der Waals surface area contributed by atoms with Crippen LogP contribution in [0, 0.1) is 0 Å². The molecule has 0 aromatic heterocycles. The van der Waals surface area contributed by atoms with Crippen molar-refractivity contribution in [2.45, 2.75) is 0 Å². The zero-order chi connectivity index (χ0) is 11.4. The van der Waals surface area contributed by atoms with E-state index in [1.807, 2.05) is 0 Å². The fraction of sp³-hybridized carbons (Fsp3) is 0.111. The SMILES string of the molecule is Nc1cc(N)cc(C(=O)NCC(=O)O)c1. The number of benzene rings is 1. The number of carboxylic acid groups (broad SMARTS) is 1. The normalized spacial score (nSPS) is 9.60. The third-order valence-electron chi connectivity index (χ3n) is 1.64. The molecule has 1 amide bonds. The van der Waals surface area contributed by atoms with E-state index in [0.29, 0.717) is 11.4 Å². The first-order valence-electron chi connectivity index (χ1n) is 4.15. The number of hydrogen-bond donors (Lipinski definition) is 4. The number of anilines is 2. The van der Waals surface area contributed by atoms with Gasteiger partial charge in [-0.2, -0.15) is 0 Å². The summed E-state index contributed by atoms with van der Waals surface area (Å²) in [7, 11) is 0. The summed E-state index contributed by atoms with van der Waals surface area (Å²) in [6.07, 6.45) is 0. The summed E-state index contributed by atoms with van der Waals surface area (Å²) in [5.41, 5.74) is 11.9. The van der Waals surface area contributed by atoms with Crippen LogP contribution in [0.15, 0.2) is 18.2 Å². The van der Waals surface area contributed by atoms with Crippen LogP contribution < -0.4 is 16.8 Å². The van der Waals surface area contributed by atoms with E-state index in [1.165, 1.54) is 18.2 Å². The molecular formula is C9H11N3O3. The Balaban J connectivity index is 2.77. The van der Waals surface area contributed by atoms with Crippen LogP contribution in [0.1, 0.15) is 10.4 Å². The Labute approximate surface area is 85.9 Å². The fourth-order valence-corrected chi connectivity index (χ4v) is 1.07. The third kappa shape index (κ3) is 3.18. The van der Waals surface area contributed by atoms with Gasteiger partial charge >= 0.3 is 5.97 Å². The second-order valence-corrected chi connectivity index (χ2v) is 2.96. The molecule has 0 radical (unpaired) electrons. The Morgan fingerprint density at radius 3 is 2.20 bits per heavy atom. The van der Waals surface area contributed by atoms with Gasteiger partial charge in [0.2, 0.25) is 0 Å². The van der Waals surface area contributed by atoms with Gasteiger partial charge in [-0.05, 0) is 18.2 Å². The monoisotopic (exact) mass is 209 g/mol. The molecule has 6 nitrogen and oxygen atoms in total. The molecular weight excluding hydrogens is 198 g/mol. The van der Waals surface area contributed by atoms with Crippen molar-refractivity contribution in [2.24, 2.45) is 0 Å². The maximum absolute atomic E-state index is 11.4. The predicted molar refractivity (Wildman–Crippen MR) is 55.2 cm³/mol. The van der Waals surface area contributed by atoms with Crippen LogP contribution >= 0.6 is 0 Å². The first kappa shape index (κ1) is 10.8. The lowest BCUT2D eigenvalue weighted by atomic mass is 10.1. The van der Waals surface area contributed by atoms with Crippen molar-refractivity contribution < 1.29 is 14.7 Å². The second kappa shape index (κ2) is 4.32. The molecule has 0 fully saturated rings. The van der Waals surface area contributed by atoms with Crippen molar-refractivity contribution in [1.82, 2.24) is 5.32 Å². The van der Waals surface area contributed by atoms with Gasteiger partial charge in [-0.25, -0.2) is 0 Å². The van der Waals surface area contributed by atoms with E-state index in [0.717, 1.165) is 0 Å². The molecule has 0 unspecified atom stereocenters. The Kier molecular flexibility index (Phi) is 3.12. The molecule has 0 heterocycles. The number of nitrogen functional groups attached to an aromatic ring is 2. The summed E-state index contributed by atoms with van der Waals surface area (Å²) in [5.74, 6) is -1.63. The predicted octanol–water partition coefficient (Wildman–Crippen LogP) is -0.335. The first-order valence-corrected chi connectivity index (χ1v) is 4.15. The zero-order valence-electron chi connectivity index (χ0n) is 7.86. The number of carbonyl (C=O) groups excluding carboxylic acids is 1. The van der Waals surface area contributed by atoms with Crippen LogP contribution in [0.25, 0.3) is 0 Å². The number of nitrogens with one attached hydrogen (secondary N) is 1. The zero-order valence-corrected chi connectivity index (χ0v) is 7.86. The van der Waals surface area contributed by atoms with Crippen LogP contribution in [-0.2, 0) is 4.79 Å². The maximum atomic E-state index is 11.4. The molecule has 1 aromatic rings. The van der Waals surface area contributed by atoms with Gasteiger partial charge in [-0.1, -0.05) is 0 Å². The van der Waals surface area contributed by atoms with E-state index in [-0.39, 0.29) is 5.56 Å². The minimum atomic E-state index is -1.11. The van der Waals surface area contributed by atoms with Crippen molar-refractivity contribution in [1.29, 1.82) is 0 Å². The van der Waals surface area contributed by atoms with Gasteiger partial charge in [0, 0.05) is 16.9 Å². The standard InChI is InChI=1S/C9H11N3O3/c10-6-1-5(2-7(11)3-6)9(15)12-4-8(13)14/h1-3H,4,10-11H2,(H,12,15)(H,13,14). The highest BCUT2D eigenvalue weighted by atomic mass is 16.4. The number of aliphatic carboxylic acids is 1. The number of amides is 1. The van der Waals surface area contributed by atoms with Gasteiger partial charge in [0.05, 0.1) is 0 Å².